The van der Waals surface area contributed by atoms with Crippen molar-refractivity contribution in [2.24, 2.45) is 5.92 Å². The van der Waals surface area contributed by atoms with E-state index in [1.54, 1.807) is 25.1 Å². The van der Waals surface area contributed by atoms with E-state index < -0.39 is 5.60 Å². The maximum absolute atomic E-state index is 12.2. The molecule has 1 saturated carbocycles. The molecule has 0 saturated heterocycles. The van der Waals surface area contributed by atoms with Crippen LogP contribution >= 0.6 is 0 Å². The first-order valence-corrected chi connectivity index (χ1v) is 7.88. The lowest BCUT2D eigenvalue weighted by Crippen LogP contribution is -2.42. The molecule has 1 amide bonds. The summed E-state index contributed by atoms with van der Waals surface area (Å²) in [5.74, 6) is 1.27. The van der Waals surface area contributed by atoms with Crippen LogP contribution in [0.4, 0.5) is 0 Å². The van der Waals surface area contributed by atoms with Crippen LogP contribution in [0.15, 0.2) is 18.2 Å². The molecule has 2 N–H and O–H groups in total. The van der Waals surface area contributed by atoms with Gasteiger partial charge in [-0.15, -0.1) is 0 Å². The van der Waals surface area contributed by atoms with Crippen molar-refractivity contribution in [3.05, 3.63) is 23.8 Å². The SMILES string of the molecule is CCOc1ccc(C(=O)NCC(C)(O)C2CC2)cc1OCC. The Morgan fingerprint density at radius 2 is 1.91 bits per heavy atom. The van der Waals surface area contributed by atoms with Gasteiger partial charge in [0.25, 0.3) is 5.91 Å². The zero-order valence-electron chi connectivity index (χ0n) is 13.5. The second-order valence-electron chi connectivity index (χ2n) is 5.84. The van der Waals surface area contributed by atoms with Gasteiger partial charge in [-0.05, 0) is 57.7 Å². The van der Waals surface area contributed by atoms with Crippen LogP contribution < -0.4 is 14.8 Å². The van der Waals surface area contributed by atoms with Gasteiger partial charge in [-0.3, -0.25) is 4.79 Å². The zero-order valence-corrected chi connectivity index (χ0v) is 13.5. The van der Waals surface area contributed by atoms with Gasteiger partial charge in [-0.2, -0.15) is 0 Å². The lowest BCUT2D eigenvalue weighted by Gasteiger charge is -2.23. The van der Waals surface area contributed by atoms with Crippen LogP contribution in [0.5, 0.6) is 11.5 Å². The molecule has 1 aromatic rings. The molecule has 0 aliphatic heterocycles. The van der Waals surface area contributed by atoms with Gasteiger partial charge in [-0.25, -0.2) is 0 Å². The molecule has 5 nitrogen and oxygen atoms in total. The van der Waals surface area contributed by atoms with E-state index in [0.717, 1.165) is 12.8 Å². The Morgan fingerprint density at radius 3 is 2.50 bits per heavy atom. The monoisotopic (exact) mass is 307 g/mol. The number of carbonyl (C=O) groups excluding carboxylic acids is 1. The van der Waals surface area contributed by atoms with Crippen LogP contribution in [0.2, 0.25) is 0 Å². The van der Waals surface area contributed by atoms with Crippen LogP contribution in [-0.2, 0) is 0 Å². The first kappa shape index (κ1) is 16.6. The Balaban J connectivity index is 2.03. The van der Waals surface area contributed by atoms with E-state index in [1.807, 2.05) is 13.8 Å². The summed E-state index contributed by atoms with van der Waals surface area (Å²) in [5, 5.41) is 13.0. The minimum Gasteiger partial charge on any atom is -0.490 e. The Kier molecular flexibility index (Phi) is 5.29. The van der Waals surface area contributed by atoms with Gasteiger partial charge in [-0.1, -0.05) is 0 Å². The van der Waals surface area contributed by atoms with Crippen molar-refractivity contribution < 1.29 is 19.4 Å². The molecule has 0 spiro atoms. The summed E-state index contributed by atoms with van der Waals surface area (Å²) in [6.45, 7) is 6.85. The highest BCUT2D eigenvalue weighted by Crippen LogP contribution is 2.39. The Bertz CT molecular complexity index is 523. The van der Waals surface area contributed by atoms with Gasteiger partial charge in [0.05, 0.1) is 18.8 Å². The number of ether oxygens (including phenoxy) is 2. The summed E-state index contributed by atoms with van der Waals surface area (Å²) < 4.78 is 11.0. The minimum atomic E-state index is -0.830. The summed E-state index contributed by atoms with van der Waals surface area (Å²) in [6, 6.07) is 5.12. The lowest BCUT2D eigenvalue weighted by atomic mass is 10.0. The van der Waals surface area contributed by atoms with Gasteiger partial charge in [0.15, 0.2) is 11.5 Å². The van der Waals surface area contributed by atoms with E-state index in [1.165, 1.54) is 0 Å². The molecule has 122 valence electrons. The fraction of sp³-hybridized carbons (Fsp3) is 0.588. The molecular formula is C17H25NO4. The number of aliphatic hydroxyl groups is 1. The summed E-state index contributed by atoms with van der Waals surface area (Å²) in [5.41, 5.74) is -0.331. The van der Waals surface area contributed by atoms with E-state index >= 15 is 0 Å². The molecule has 2 rings (SSSR count). The standard InChI is InChI=1S/C17H25NO4/c1-4-21-14-9-6-12(10-15(14)22-5-2)16(19)18-11-17(3,20)13-7-8-13/h6,9-10,13,20H,4-5,7-8,11H2,1-3H3,(H,18,19). The number of hydrogen-bond donors (Lipinski definition) is 2. The third-order valence-electron chi connectivity index (χ3n) is 3.87. The minimum absolute atomic E-state index is 0.218. The highest BCUT2D eigenvalue weighted by atomic mass is 16.5. The molecule has 22 heavy (non-hydrogen) atoms. The van der Waals surface area contributed by atoms with Crippen molar-refractivity contribution in [1.29, 1.82) is 0 Å². The Labute approximate surface area is 131 Å². The van der Waals surface area contributed by atoms with Gasteiger partial charge >= 0.3 is 0 Å². The molecule has 5 heteroatoms. The lowest BCUT2D eigenvalue weighted by molar-refractivity contribution is 0.0354. The molecule has 0 aromatic heterocycles. The maximum Gasteiger partial charge on any atom is 0.251 e. The van der Waals surface area contributed by atoms with E-state index in [4.69, 9.17) is 9.47 Å². The second-order valence-corrected chi connectivity index (χ2v) is 5.84. The van der Waals surface area contributed by atoms with Gasteiger partial charge in [0.2, 0.25) is 0 Å². The molecule has 1 fully saturated rings. The second kappa shape index (κ2) is 7.01. The fourth-order valence-electron chi connectivity index (χ4n) is 2.40. The van der Waals surface area contributed by atoms with Gasteiger partial charge in [0, 0.05) is 12.1 Å². The van der Waals surface area contributed by atoms with Crippen molar-refractivity contribution in [2.75, 3.05) is 19.8 Å². The Morgan fingerprint density at radius 1 is 1.27 bits per heavy atom. The van der Waals surface area contributed by atoms with Crippen molar-refractivity contribution in [3.63, 3.8) is 0 Å². The Hall–Kier alpha value is -1.75. The predicted octanol–water partition coefficient (Wildman–Crippen LogP) is 2.37. The summed E-state index contributed by atoms with van der Waals surface area (Å²) in [7, 11) is 0. The van der Waals surface area contributed by atoms with Crippen LogP contribution in [0.25, 0.3) is 0 Å². The quantitative estimate of drug-likeness (QED) is 0.774. The zero-order chi connectivity index (χ0) is 16.2. The normalized spacial score (nSPS) is 16.7. The van der Waals surface area contributed by atoms with E-state index in [0.29, 0.717) is 36.2 Å². The summed E-state index contributed by atoms with van der Waals surface area (Å²) in [4.78, 5) is 12.2. The molecule has 1 unspecified atom stereocenters. The molecular weight excluding hydrogens is 282 g/mol. The number of rotatable bonds is 8. The number of hydrogen-bond acceptors (Lipinski definition) is 4. The predicted molar refractivity (Wildman–Crippen MR) is 84.5 cm³/mol. The third kappa shape index (κ3) is 4.13. The highest BCUT2D eigenvalue weighted by molar-refractivity contribution is 5.94. The van der Waals surface area contributed by atoms with Gasteiger partial charge in [0.1, 0.15) is 0 Å². The van der Waals surface area contributed by atoms with E-state index in [9.17, 15) is 9.90 Å². The highest BCUT2D eigenvalue weighted by Gasteiger charge is 2.39. The summed E-state index contributed by atoms with van der Waals surface area (Å²) in [6.07, 6.45) is 2.06. The first-order chi connectivity index (χ1) is 10.5. The average Bonchev–Trinajstić information content (AvgIpc) is 3.32. The molecule has 1 aliphatic rings. The third-order valence-corrected chi connectivity index (χ3v) is 3.87. The molecule has 1 aromatic carbocycles. The first-order valence-electron chi connectivity index (χ1n) is 7.88. The average molecular weight is 307 g/mol. The fourth-order valence-corrected chi connectivity index (χ4v) is 2.40. The van der Waals surface area contributed by atoms with E-state index in [-0.39, 0.29) is 12.5 Å². The number of nitrogens with one attached hydrogen (secondary N) is 1. The van der Waals surface area contributed by atoms with Gasteiger partial charge < -0.3 is 19.9 Å². The molecule has 0 radical (unpaired) electrons. The smallest absolute Gasteiger partial charge is 0.251 e. The number of amides is 1. The van der Waals surface area contributed by atoms with Crippen LogP contribution in [-0.4, -0.2) is 36.4 Å². The number of carbonyl (C=O) groups is 1. The molecule has 0 heterocycles. The largest absolute Gasteiger partial charge is 0.490 e. The van der Waals surface area contributed by atoms with Crippen molar-refractivity contribution in [1.82, 2.24) is 5.32 Å². The number of benzene rings is 1. The van der Waals surface area contributed by atoms with Crippen LogP contribution in [0.1, 0.15) is 44.0 Å². The molecule has 1 atom stereocenters. The van der Waals surface area contributed by atoms with E-state index in [2.05, 4.69) is 5.32 Å². The summed E-state index contributed by atoms with van der Waals surface area (Å²) >= 11 is 0. The maximum atomic E-state index is 12.2. The van der Waals surface area contributed by atoms with Crippen LogP contribution in [0.3, 0.4) is 0 Å². The molecule has 1 aliphatic carbocycles. The van der Waals surface area contributed by atoms with Crippen molar-refractivity contribution in [3.8, 4) is 11.5 Å². The van der Waals surface area contributed by atoms with Crippen LogP contribution in [0, 0.1) is 5.92 Å². The van der Waals surface area contributed by atoms with Crippen molar-refractivity contribution >= 4 is 5.91 Å². The molecule has 0 bridgehead atoms. The van der Waals surface area contributed by atoms with Crippen molar-refractivity contribution in [2.45, 2.75) is 39.2 Å². The topological polar surface area (TPSA) is 67.8 Å².